The van der Waals surface area contributed by atoms with E-state index >= 15 is 0 Å². The first kappa shape index (κ1) is 14.8. The van der Waals surface area contributed by atoms with Crippen LogP contribution in [0.25, 0.3) is 0 Å². The average Bonchev–Trinajstić information content (AvgIpc) is 2.53. The number of hydrogen-bond acceptors (Lipinski definition) is 0. The second-order valence-corrected chi connectivity index (χ2v) is 5.88. The zero-order valence-corrected chi connectivity index (χ0v) is 12.8. The van der Waals surface area contributed by atoms with Gasteiger partial charge in [0.05, 0.1) is 0 Å². The van der Waals surface area contributed by atoms with Crippen molar-refractivity contribution in [1.82, 2.24) is 0 Å². The van der Waals surface area contributed by atoms with Crippen LogP contribution in [0.2, 0.25) is 0 Å². The van der Waals surface area contributed by atoms with Gasteiger partial charge in [-0.05, 0) is 42.2 Å². The van der Waals surface area contributed by atoms with Crippen molar-refractivity contribution >= 4 is 0 Å². The minimum Gasteiger partial charge on any atom is -0.0651 e. The first-order chi connectivity index (χ1) is 9.79. The molecule has 0 aromatic heterocycles. The third-order valence-corrected chi connectivity index (χ3v) is 4.28. The molecule has 0 spiro atoms. The van der Waals surface area contributed by atoms with Gasteiger partial charge in [0.1, 0.15) is 0 Å². The van der Waals surface area contributed by atoms with E-state index in [0.717, 1.165) is 5.92 Å². The number of benzene rings is 2. The second kappa shape index (κ2) is 7.89. The van der Waals surface area contributed by atoms with Gasteiger partial charge in [0.25, 0.3) is 0 Å². The standard InChI is InChI=1S/C20H26/c1-3-17(2)16-20(19-12-8-5-9-13-19)15-14-18-10-6-4-7-11-18/h4-13,17,20H,3,14-16H2,1-2H3. The fraction of sp³-hybridized carbons (Fsp3) is 0.400. The summed E-state index contributed by atoms with van der Waals surface area (Å²) in [5, 5.41) is 0. The summed E-state index contributed by atoms with van der Waals surface area (Å²) in [7, 11) is 0. The first-order valence-electron chi connectivity index (χ1n) is 7.88. The van der Waals surface area contributed by atoms with Gasteiger partial charge in [-0.3, -0.25) is 0 Å². The quantitative estimate of drug-likeness (QED) is 0.590. The minimum absolute atomic E-state index is 0.686. The van der Waals surface area contributed by atoms with Crippen LogP contribution in [-0.2, 0) is 6.42 Å². The summed E-state index contributed by atoms with van der Waals surface area (Å²) in [6.07, 6.45) is 5.00. The molecule has 106 valence electrons. The maximum atomic E-state index is 2.37. The van der Waals surface area contributed by atoms with E-state index in [1.165, 1.54) is 36.8 Å². The van der Waals surface area contributed by atoms with Gasteiger partial charge >= 0.3 is 0 Å². The van der Waals surface area contributed by atoms with Gasteiger partial charge in [0.2, 0.25) is 0 Å². The molecule has 0 aliphatic carbocycles. The van der Waals surface area contributed by atoms with Crippen LogP contribution in [0.15, 0.2) is 60.7 Å². The van der Waals surface area contributed by atoms with Crippen molar-refractivity contribution in [3.8, 4) is 0 Å². The van der Waals surface area contributed by atoms with E-state index in [1.807, 2.05) is 0 Å². The van der Waals surface area contributed by atoms with Crippen molar-refractivity contribution in [2.75, 3.05) is 0 Å². The lowest BCUT2D eigenvalue weighted by atomic mass is 9.84. The molecular weight excluding hydrogens is 240 g/mol. The smallest absolute Gasteiger partial charge is 0.0156 e. The van der Waals surface area contributed by atoms with Crippen LogP contribution in [-0.4, -0.2) is 0 Å². The van der Waals surface area contributed by atoms with Crippen molar-refractivity contribution < 1.29 is 0 Å². The molecule has 2 unspecified atom stereocenters. The summed E-state index contributed by atoms with van der Waals surface area (Å²) >= 11 is 0. The highest BCUT2D eigenvalue weighted by Gasteiger charge is 2.14. The molecular formula is C20H26. The molecule has 2 atom stereocenters. The van der Waals surface area contributed by atoms with Crippen LogP contribution >= 0.6 is 0 Å². The van der Waals surface area contributed by atoms with E-state index in [2.05, 4.69) is 74.5 Å². The topological polar surface area (TPSA) is 0 Å². The molecule has 20 heavy (non-hydrogen) atoms. The zero-order chi connectivity index (χ0) is 14.2. The molecule has 0 fully saturated rings. The highest BCUT2D eigenvalue weighted by atomic mass is 14.2. The molecule has 0 saturated carbocycles. The zero-order valence-electron chi connectivity index (χ0n) is 12.8. The lowest BCUT2D eigenvalue weighted by molar-refractivity contribution is 0.438. The summed E-state index contributed by atoms with van der Waals surface area (Å²) < 4.78 is 0. The van der Waals surface area contributed by atoms with Crippen molar-refractivity contribution in [3.63, 3.8) is 0 Å². The molecule has 0 N–H and O–H groups in total. The molecule has 0 radical (unpaired) electrons. The van der Waals surface area contributed by atoms with E-state index in [1.54, 1.807) is 0 Å². The minimum atomic E-state index is 0.686. The Morgan fingerprint density at radius 3 is 2.05 bits per heavy atom. The van der Waals surface area contributed by atoms with Crippen molar-refractivity contribution in [2.24, 2.45) is 5.92 Å². The normalized spacial score (nSPS) is 13.9. The van der Waals surface area contributed by atoms with E-state index in [0.29, 0.717) is 5.92 Å². The van der Waals surface area contributed by atoms with Gasteiger partial charge < -0.3 is 0 Å². The molecule has 0 nitrogen and oxygen atoms in total. The molecule has 0 aliphatic heterocycles. The third-order valence-electron chi connectivity index (χ3n) is 4.28. The van der Waals surface area contributed by atoms with Gasteiger partial charge in [-0.15, -0.1) is 0 Å². The van der Waals surface area contributed by atoms with E-state index < -0.39 is 0 Å². The van der Waals surface area contributed by atoms with Gasteiger partial charge in [-0.1, -0.05) is 80.9 Å². The van der Waals surface area contributed by atoms with Crippen LogP contribution in [0.5, 0.6) is 0 Å². The van der Waals surface area contributed by atoms with E-state index in [-0.39, 0.29) is 0 Å². The fourth-order valence-electron chi connectivity index (χ4n) is 2.78. The number of rotatable bonds is 7. The first-order valence-corrected chi connectivity index (χ1v) is 7.88. The predicted molar refractivity (Wildman–Crippen MR) is 88.0 cm³/mol. The SMILES string of the molecule is CCC(C)CC(CCc1ccccc1)c1ccccc1. The fourth-order valence-corrected chi connectivity index (χ4v) is 2.78. The molecule has 0 heterocycles. The average molecular weight is 266 g/mol. The lowest BCUT2D eigenvalue weighted by Gasteiger charge is -2.21. The summed E-state index contributed by atoms with van der Waals surface area (Å²) in [6.45, 7) is 4.67. The van der Waals surface area contributed by atoms with Crippen LogP contribution < -0.4 is 0 Å². The lowest BCUT2D eigenvalue weighted by Crippen LogP contribution is -2.06. The largest absolute Gasteiger partial charge is 0.0651 e. The molecule has 0 bridgehead atoms. The Morgan fingerprint density at radius 2 is 1.45 bits per heavy atom. The van der Waals surface area contributed by atoms with Crippen molar-refractivity contribution in [3.05, 3.63) is 71.8 Å². The number of hydrogen-bond donors (Lipinski definition) is 0. The Bertz CT molecular complexity index is 472. The molecule has 2 aromatic rings. The summed E-state index contributed by atoms with van der Waals surface area (Å²) in [4.78, 5) is 0. The summed E-state index contributed by atoms with van der Waals surface area (Å²) in [5.74, 6) is 1.49. The van der Waals surface area contributed by atoms with Crippen molar-refractivity contribution in [2.45, 2.75) is 45.4 Å². The maximum absolute atomic E-state index is 2.37. The van der Waals surface area contributed by atoms with Gasteiger partial charge in [-0.25, -0.2) is 0 Å². The van der Waals surface area contributed by atoms with E-state index in [9.17, 15) is 0 Å². The number of aryl methyl sites for hydroxylation is 1. The van der Waals surface area contributed by atoms with Crippen LogP contribution in [0, 0.1) is 5.92 Å². The second-order valence-electron chi connectivity index (χ2n) is 5.88. The predicted octanol–water partition coefficient (Wildman–Crippen LogP) is 5.84. The molecule has 2 aromatic carbocycles. The van der Waals surface area contributed by atoms with Gasteiger partial charge in [-0.2, -0.15) is 0 Å². The molecule has 2 rings (SSSR count). The summed E-state index contributed by atoms with van der Waals surface area (Å²) in [6, 6.07) is 21.9. The maximum Gasteiger partial charge on any atom is -0.0156 e. The van der Waals surface area contributed by atoms with Crippen molar-refractivity contribution in [1.29, 1.82) is 0 Å². The Balaban J connectivity index is 2.03. The Morgan fingerprint density at radius 1 is 0.850 bits per heavy atom. The molecule has 0 saturated heterocycles. The highest BCUT2D eigenvalue weighted by molar-refractivity contribution is 5.21. The third kappa shape index (κ3) is 4.52. The van der Waals surface area contributed by atoms with Crippen LogP contribution in [0.3, 0.4) is 0 Å². The Labute approximate surface area is 123 Å². The summed E-state index contributed by atoms with van der Waals surface area (Å²) in [5.41, 5.74) is 2.96. The molecule has 0 aliphatic rings. The molecule has 0 heteroatoms. The monoisotopic (exact) mass is 266 g/mol. The van der Waals surface area contributed by atoms with Gasteiger partial charge in [0, 0.05) is 0 Å². The van der Waals surface area contributed by atoms with Gasteiger partial charge in [0.15, 0.2) is 0 Å². The highest BCUT2D eigenvalue weighted by Crippen LogP contribution is 2.29. The van der Waals surface area contributed by atoms with E-state index in [4.69, 9.17) is 0 Å². The van der Waals surface area contributed by atoms with Crippen LogP contribution in [0.1, 0.15) is 50.2 Å². The molecule has 0 amide bonds. The Kier molecular flexibility index (Phi) is 5.86. The van der Waals surface area contributed by atoms with Crippen LogP contribution in [0.4, 0.5) is 0 Å². The Hall–Kier alpha value is -1.56.